The number of hydrogen-bond donors (Lipinski definition) is 2. The van der Waals surface area contributed by atoms with Gasteiger partial charge in [0.1, 0.15) is 18.3 Å². The molecule has 23 heavy (non-hydrogen) atoms. The highest BCUT2D eigenvalue weighted by Gasteiger charge is 2.15. The van der Waals surface area contributed by atoms with Crippen LogP contribution >= 0.6 is 0 Å². The highest BCUT2D eigenvalue weighted by molar-refractivity contribution is 5.74. The minimum atomic E-state index is -0.425. The monoisotopic (exact) mass is 314 g/mol. The summed E-state index contributed by atoms with van der Waals surface area (Å²) < 4.78 is 19.6. The van der Waals surface area contributed by atoms with E-state index in [0.717, 1.165) is 25.2 Å². The van der Waals surface area contributed by atoms with Crippen molar-refractivity contribution < 1.29 is 13.9 Å². The van der Waals surface area contributed by atoms with E-state index in [0.29, 0.717) is 17.4 Å². The molecule has 1 unspecified atom stereocenters. The molecule has 0 saturated heterocycles. The van der Waals surface area contributed by atoms with Gasteiger partial charge in [-0.15, -0.1) is 0 Å². The summed E-state index contributed by atoms with van der Waals surface area (Å²) in [5.41, 5.74) is 3.08. The molecular formula is C18H19FN2O2. The Morgan fingerprint density at radius 2 is 2.30 bits per heavy atom. The fourth-order valence-corrected chi connectivity index (χ4v) is 2.60. The first-order chi connectivity index (χ1) is 11.3. The van der Waals surface area contributed by atoms with Crippen molar-refractivity contribution in [1.29, 1.82) is 0 Å². The van der Waals surface area contributed by atoms with Crippen LogP contribution in [0.25, 0.3) is 0 Å². The lowest BCUT2D eigenvalue weighted by Gasteiger charge is -2.25. The van der Waals surface area contributed by atoms with Crippen molar-refractivity contribution in [2.75, 3.05) is 13.1 Å². The van der Waals surface area contributed by atoms with Gasteiger partial charge in [0.25, 0.3) is 0 Å². The Bertz CT molecular complexity index is 680. The molecule has 1 atom stereocenters. The average Bonchev–Trinajstić information content (AvgIpc) is 2.61. The molecule has 0 radical (unpaired) electrons. The lowest BCUT2D eigenvalue weighted by atomic mass is 10.0. The van der Waals surface area contributed by atoms with Crippen LogP contribution in [0, 0.1) is 5.82 Å². The number of benzene rings is 1. The Kier molecular flexibility index (Phi) is 5.00. The second kappa shape index (κ2) is 7.35. The van der Waals surface area contributed by atoms with Gasteiger partial charge < -0.3 is 15.4 Å². The summed E-state index contributed by atoms with van der Waals surface area (Å²) in [7, 11) is 0. The first kappa shape index (κ1) is 15.6. The standard InChI is InChI=1S/C18H19FN2O2/c19-16-10-13(11-22)4-5-15(16)12-23-18-3-1-2-17(21-18)14-6-8-20-9-7-14/h1-6,10-11,18,20-21H,7-9,12H2. The molecule has 0 amide bonds. The van der Waals surface area contributed by atoms with E-state index in [4.69, 9.17) is 4.74 Å². The SMILES string of the molecule is O=Cc1ccc(COC2C=CC=C(C3=CCNCC3)N2)c(F)c1. The molecule has 120 valence electrons. The van der Waals surface area contributed by atoms with Gasteiger partial charge in [-0.2, -0.15) is 0 Å². The van der Waals surface area contributed by atoms with E-state index in [1.807, 2.05) is 18.2 Å². The molecule has 4 nitrogen and oxygen atoms in total. The van der Waals surface area contributed by atoms with Crippen molar-refractivity contribution in [3.8, 4) is 0 Å². The number of hydrogen-bond acceptors (Lipinski definition) is 4. The fraction of sp³-hybridized carbons (Fsp3) is 0.278. The maximum atomic E-state index is 13.9. The third kappa shape index (κ3) is 3.94. The summed E-state index contributed by atoms with van der Waals surface area (Å²) in [5.74, 6) is -0.425. The quantitative estimate of drug-likeness (QED) is 0.820. The van der Waals surface area contributed by atoms with Gasteiger partial charge in [-0.3, -0.25) is 4.79 Å². The van der Waals surface area contributed by atoms with Crippen LogP contribution < -0.4 is 10.6 Å². The van der Waals surface area contributed by atoms with E-state index >= 15 is 0 Å². The van der Waals surface area contributed by atoms with Crippen molar-refractivity contribution in [3.05, 3.63) is 70.7 Å². The number of rotatable bonds is 5. The summed E-state index contributed by atoms with van der Waals surface area (Å²) in [4.78, 5) is 10.6. The largest absolute Gasteiger partial charge is 0.357 e. The Labute approximate surface area is 134 Å². The predicted molar refractivity (Wildman–Crippen MR) is 86.3 cm³/mol. The van der Waals surface area contributed by atoms with Crippen LogP contribution in [0.1, 0.15) is 22.3 Å². The molecule has 0 bridgehead atoms. The Morgan fingerprint density at radius 3 is 3.04 bits per heavy atom. The second-order valence-corrected chi connectivity index (χ2v) is 5.49. The van der Waals surface area contributed by atoms with Gasteiger partial charge >= 0.3 is 0 Å². The van der Waals surface area contributed by atoms with Crippen molar-refractivity contribution in [3.63, 3.8) is 0 Å². The molecule has 0 aromatic heterocycles. The molecule has 1 aromatic rings. The molecule has 5 heteroatoms. The van der Waals surface area contributed by atoms with Crippen molar-refractivity contribution in [2.45, 2.75) is 19.3 Å². The van der Waals surface area contributed by atoms with Crippen LogP contribution in [0.15, 0.2) is 53.8 Å². The van der Waals surface area contributed by atoms with Crippen LogP contribution in [-0.2, 0) is 11.3 Å². The zero-order valence-electron chi connectivity index (χ0n) is 12.7. The highest BCUT2D eigenvalue weighted by Crippen LogP contribution is 2.18. The van der Waals surface area contributed by atoms with Gasteiger partial charge in [0.05, 0.1) is 6.61 Å². The molecule has 0 saturated carbocycles. The van der Waals surface area contributed by atoms with E-state index in [2.05, 4.69) is 16.7 Å². The van der Waals surface area contributed by atoms with E-state index in [9.17, 15) is 9.18 Å². The van der Waals surface area contributed by atoms with Gasteiger partial charge in [-0.25, -0.2) is 4.39 Å². The van der Waals surface area contributed by atoms with Gasteiger partial charge in [-0.05, 0) is 36.8 Å². The van der Waals surface area contributed by atoms with E-state index in [1.54, 1.807) is 12.1 Å². The minimum Gasteiger partial charge on any atom is -0.357 e. The molecule has 0 aliphatic carbocycles. The zero-order valence-corrected chi connectivity index (χ0v) is 12.7. The van der Waals surface area contributed by atoms with Crippen molar-refractivity contribution >= 4 is 6.29 Å². The number of allylic oxidation sites excluding steroid dienone is 3. The number of ether oxygens (including phenoxy) is 1. The smallest absolute Gasteiger partial charge is 0.150 e. The summed E-state index contributed by atoms with van der Waals surface area (Å²) in [6.45, 7) is 1.98. The zero-order chi connectivity index (χ0) is 16.1. The van der Waals surface area contributed by atoms with Crippen LogP contribution in [0.2, 0.25) is 0 Å². The third-order valence-corrected chi connectivity index (χ3v) is 3.89. The average molecular weight is 314 g/mol. The minimum absolute atomic E-state index is 0.140. The molecule has 2 heterocycles. The normalized spacial score (nSPS) is 20.5. The topological polar surface area (TPSA) is 50.4 Å². The van der Waals surface area contributed by atoms with Gasteiger partial charge in [-0.1, -0.05) is 24.3 Å². The highest BCUT2D eigenvalue weighted by atomic mass is 19.1. The van der Waals surface area contributed by atoms with Gasteiger partial charge in [0, 0.05) is 23.4 Å². The summed E-state index contributed by atoms with van der Waals surface area (Å²) in [6.07, 6.45) is 9.33. The number of dihydropyridines is 1. The third-order valence-electron chi connectivity index (χ3n) is 3.89. The van der Waals surface area contributed by atoms with Crippen molar-refractivity contribution in [1.82, 2.24) is 10.6 Å². The number of nitrogens with one attached hydrogen (secondary N) is 2. The van der Waals surface area contributed by atoms with Crippen LogP contribution in [0.3, 0.4) is 0 Å². The molecule has 2 aliphatic rings. The molecule has 2 aliphatic heterocycles. The Balaban J connectivity index is 1.59. The molecular weight excluding hydrogens is 295 g/mol. The first-order valence-electron chi connectivity index (χ1n) is 7.66. The van der Waals surface area contributed by atoms with Crippen molar-refractivity contribution in [2.24, 2.45) is 0 Å². The summed E-state index contributed by atoms with van der Waals surface area (Å²) in [5, 5.41) is 6.59. The second-order valence-electron chi connectivity index (χ2n) is 5.49. The Morgan fingerprint density at radius 1 is 1.39 bits per heavy atom. The Hall–Kier alpha value is -2.24. The molecule has 0 spiro atoms. The maximum Gasteiger partial charge on any atom is 0.150 e. The lowest BCUT2D eigenvalue weighted by Crippen LogP contribution is -2.33. The number of aldehydes is 1. The van der Waals surface area contributed by atoms with Crippen LogP contribution in [0.4, 0.5) is 4.39 Å². The van der Waals surface area contributed by atoms with E-state index in [-0.39, 0.29) is 12.8 Å². The molecule has 0 fully saturated rings. The molecule has 1 aromatic carbocycles. The fourth-order valence-electron chi connectivity index (χ4n) is 2.60. The summed E-state index contributed by atoms with van der Waals surface area (Å²) in [6, 6.07) is 4.39. The number of carbonyl (C=O) groups excluding carboxylic acids is 1. The number of halogens is 1. The van der Waals surface area contributed by atoms with Gasteiger partial charge in [0.15, 0.2) is 0 Å². The van der Waals surface area contributed by atoms with Crippen LogP contribution in [0.5, 0.6) is 0 Å². The molecule has 2 N–H and O–H groups in total. The van der Waals surface area contributed by atoms with Gasteiger partial charge in [0.2, 0.25) is 0 Å². The number of carbonyl (C=O) groups is 1. The maximum absolute atomic E-state index is 13.9. The first-order valence-corrected chi connectivity index (χ1v) is 7.66. The predicted octanol–water partition coefficient (Wildman–Crippen LogP) is 2.44. The molecule has 3 rings (SSSR count). The summed E-state index contributed by atoms with van der Waals surface area (Å²) >= 11 is 0. The van der Waals surface area contributed by atoms with Crippen LogP contribution in [-0.4, -0.2) is 25.6 Å². The van der Waals surface area contributed by atoms with E-state index in [1.165, 1.54) is 11.6 Å². The lowest BCUT2D eigenvalue weighted by molar-refractivity contribution is 0.0542. The van der Waals surface area contributed by atoms with E-state index < -0.39 is 5.82 Å².